The zero-order valence-corrected chi connectivity index (χ0v) is 14.9. The van der Waals surface area contributed by atoms with Gasteiger partial charge in [0.15, 0.2) is 11.6 Å². The van der Waals surface area contributed by atoms with Crippen molar-refractivity contribution in [2.75, 3.05) is 17.7 Å². The van der Waals surface area contributed by atoms with Crippen LogP contribution in [0.4, 0.5) is 17.3 Å². The fraction of sp³-hybridized carbons (Fsp3) is 0.100. The smallest absolute Gasteiger partial charge is 0.337 e. The first-order chi connectivity index (χ1) is 13.0. The van der Waals surface area contributed by atoms with Crippen molar-refractivity contribution in [1.29, 1.82) is 0 Å². The average Bonchev–Trinajstić information content (AvgIpc) is 2.70. The first-order valence-electron chi connectivity index (χ1n) is 8.22. The number of nitrogens with zero attached hydrogens (tertiary/aromatic N) is 2. The van der Waals surface area contributed by atoms with Crippen LogP contribution in [0.3, 0.4) is 0 Å². The molecule has 0 saturated carbocycles. The number of nitrogens with one attached hydrogen (secondary N) is 2. The predicted octanol–water partition coefficient (Wildman–Crippen LogP) is 3.57. The average molecular weight is 362 g/mol. The zero-order valence-electron chi connectivity index (χ0n) is 14.9. The number of hydrogen-bond donors (Lipinski definition) is 2. The highest BCUT2D eigenvalue weighted by Gasteiger charge is 2.08. The zero-order chi connectivity index (χ0) is 19.2. The van der Waals surface area contributed by atoms with Crippen molar-refractivity contribution in [3.8, 4) is 0 Å². The summed E-state index contributed by atoms with van der Waals surface area (Å²) in [5.41, 5.74) is 2.84. The largest absolute Gasteiger partial charge is 0.465 e. The maximum Gasteiger partial charge on any atom is 0.337 e. The molecule has 0 unspecified atom stereocenters. The Labute approximate surface area is 156 Å². The second-order valence-corrected chi connectivity index (χ2v) is 5.82. The summed E-state index contributed by atoms with van der Waals surface area (Å²) in [6, 6.07) is 17.4. The number of anilines is 3. The van der Waals surface area contributed by atoms with E-state index >= 15 is 0 Å². The van der Waals surface area contributed by atoms with Crippen LogP contribution in [-0.4, -0.2) is 29.2 Å². The van der Waals surface area contributed by atoms with Crippen molar-refractivity contribution in [2.45, 2.75) is 6.92 Å². The quantitative estimate of drug-likeness (QED) is 0.674. The Balaban J connectivity index is 1.62. The number of amides is 1. The van der Waals surface area contributed by atoms with Crippen molar-refractivity contribution in [2.24, 2.45) is 0 Å². The number of ether oxygens (including phenoxy) is 1. The molecular formula is C20H18N4O3. The molecule has 0 saturated heterocycles. The summed E-state index contributed by atoms with van der Waals surface area (Å²) in [7, 11) is 1.34. The van der Waals surface area contributed by atoms with Crippen LogP contribution in [0.2, 0.25) is 0 Å². The second-order valence-electron chi connectivity index (χ2n) is 5.82. The lowest BCUT2D eigenvalue weighted by molar-refractivity contribution is 0.0600. The highest BCUT2D eigenvalue weighted by atomic mass is 16.5. The van der Waals surface area contributed by atoms with Gasteiger partial charge in [-0.05, 0) is 55.5 Å². The minimum atomic E-state index is -0.394. The van der Waals surface area contributed by atoms with Crippen molar-refractivity contribution < 1.29 is 14.3 Å². The monoisotopic (exact) mass is 362 g/mol. The van der Waals surface area contributed by atoms with Gasteiger partial charge in [0.25, 0.3) is 5.91 Å². The van der Waals surface area contributed by atoms with Crippen molar-refractivity contribution >= 4 is 29.2 Å². The number of methoxy groups -OCH3 is 1. The fourth-order valence-electron chi connectivity index (χ4n) is 2.31. The van der Waals surface area contributed by atoms with Crippen LogP contribution in [-0.2, 0) is 4.74 Å². The lowest BCUT2D eigenvalue weighted by Gasteiger charge is -2.07. The van der Waals surface area contributed by atoms with Gasteiger partial charge in [-0.25, -0.2) is 4.79 Å². The summed E-state index contributed by atoms with van der Waals surface area (Å²) in [6.07, 6.45) is 0. The molecule has 0 atom stereocenters. The minimum Gasteiger partial charge on any atom is -0.465 e. The number of carbonyl (C=O) groups excluding carboxylic acids is 2. The molecule has 1 amide bonds. The Morgan fingerprint density at radius 2 is 1.41 bits per heavy atom. The molecule has 0 aliphatic carbocycles. The lowest BCUT2D eigenvalue weighted by Crippen LogP contribution is -2.13. The molecule has 0 aliphatic rings. The van der Waals surface area contributed by atoms with Crippen LogP contribution in [0.25, 0.3) is 0 Å². The van der Waals surface area contributed by atoms with Gasteiger partial charge >= 0.3 is 5.97 Å². The van der Waals surface area contributed by atoms with E-state index in [1.165, 1.54) is 7.11 Å². The van der Waals surface area contributed by atoms with Gasteiger partial charge in [0.2, 0.25) is 0 Å². The van der Waals surface area contributed by atoms with Gasteiger partial charge in [0.05, 0.1) is 12.7 Å². The van der Waals surface area contributed by atoms with Crippen LogP contribution >= 0.6 is 0 Å². The molecule has 1 aromatic heterocycles. The minimum absolute atomic E-state index is 0.247. The Bertz CT molecular complexity index is 936. The summed E-state index contributed by atoms with van der Waals surface area (Å²) >= 11 is 0. The molecule has 7 heteroatoms. The van der Waals surface area contributed by atoms with Gasteiger partial charge < -0.3 is 15.4 Å². The molecule has 0 aliphatic heterocycles. The predicted molar refractivity (Wildman–Crippen MR) is 102 cm³/mol. The Morgan fingerprint density at radius 1 is 0.815 bits per heavy atom. The first-order valence-corrected chi connectivity index (χ1v) is 8.22. The maximum atomic E-state index is 12.2. The molecule has 27 heavy (non-hydrogen) atoms. The number of hydrogen-bond acceptors (Lipinski definition) is 6. The summed E-state index contributed by atoms with van der Waals surface area (Å²) in [5.74, 6) is 0.222. The molecule has 0 spiro atoms. The third-order valence-corrected chi connectivity index (χ3v) is 3.80. The maximum absolute atomic E-state index is 12.2. The number of benzene rings is 2. The van der Waals surface area contributed by atoms with E-state index in [0.29, 0.717) is 22.8 Å². The summed E-state index contributed by atoms with van der Waals surface area (Å²) in [5, 5.41) is 13.8. The van der Waals surface area contributed by atoms with Gasteiger partial charge in [-0.15, -0.1) is 10.2 Å². The first kappa shape index (κ1) is 18.1. The Hall–Kier alpha value is -3.74. The molecule has 136 valence electrons. The Morgan fingerprint density at radius 3 is 2.00 bits per heavy atom. The van der Waals surface area contributed by atoms with Crippen LogP contribution < -0.4 is 10.6 Å². The van der Waals surface area contributed by atoms with Crippen LogP contribution in [0.15, 0.2) is 60.7 Å². The highest BCUT2D eigenvalue weighted by Crippen LogP contribution is 2.16. The number of aryl methyl sites for hydroxylation is 1. The van der Waals surface area contributed by atoms with E-state index in [9.17, 15) is 9.59 Å². The molecule has 2 aromatic carbocycles. The van der Waals surface area contributed by atoms with Gasteiger partial charge in [-0.1, -0.05) is 17.7 Å². The lowest BCUT2D eigenvalue weighted by atomic mass is 10.1. The molecule has 3 aromatic rings. The number of aromatic nitrogens is 2. The third-order valence-electron chi connectivity index (χ3n) is 3.80. The van der Waals surface area contributed by atoms with Gasteiger partial charge in [-0.2, -0.15) is 0 Å². The van der Waals surface area contributed by atoms with Gasteiger partial charge in [0, 0.05) is 11.3 Å². The molecule has 3 rings (SSSR count). The molecule has 7 nitrogen and oxygen atoms in total. The van der Waals surface area contributed by atoms with Gasteiger partial charge in [-0.3, -0.25) is 4.79 Å². The SMILES string of the molecule is COC(=O)c1ccc(Nc2ccc(NC(=O)c3ccc(C)cc3)nn2)cc1. The molecule has 0 bridgehead atoms. The number of carbonyl (C=O) groups is 2. The number of rotatable bonds is 5. The molecule has 0 radical (unpaired) electrons. The Kier molecular flexibility index (Phi) is 5.41. The number of esters is 1. The van der Waals surface area contributed by atoms with Gasteiger partial charge in [0.1, 0.15) is 0 Å². The molecular weight excluding hydrogens is 344 g/mol. The van der Waals surface area contributed by atoms with Crippen molar-refractivity contribution in [3.05, 3.63) is 77.4 Å². The van der Waals surface area contributed by atoms with E-state index in [4.69, 9.17) is 0 Å². The van der Waals surface area contributed by atoms with Crippen LogP contribution in [0.5, 0.6) is 0 Å². The summed E-state index contributed by atoms with van der Waals surface area (Å²) in [4.78, 5) is 23.6. The molecule has 1 heterocycles. The van der Waals surface area contributed by atoms with E-state index in [-0.39, 0.29) is 5.91 Å². The topological polar surface area (TPSA) is 93.2 Å². The van der Waals surface area contributed by atoms with Crippen molar-refractivity contribution in [1.82, 2.24) is 10.2 Å². The van der Waals surface area contributed by atoms with Crippen molar-refractivity contribution in [3.63, 3.8) is 0 Å². The van der Waals surface area contributed by atoms with Crippen LogP contribution in [0, 0.1) is 6.92 Å². The highest BCUT2D eigenvalue weighted by molar-refractivity contribution is 6.03. The van der Waals surface area contributed by atoms with E-state index in [0.717, 1.165) is 11.3 Å². The van der Waals surface area contributed by atoms with E-state index in [1.807, 2.05) is 19.1 Å². The summed E-state index contributed by atoms with van der Waals surface area (Å²) < 4.78 is 4.66. The van der Waals surface area contributed by atoms with Crippen LogP contribution in [0.1, 0.15) is 26.3 Å². The third kappa shape index (κ3) is 4.66. The standard InChI is InChI=1S/C20H18N4O3/c1-13-3-5-14(6-4-13)19(25)22-18-12-11-17(23-24-18)21-16-9-7-15(8-10-16)20(26)27-2/h3-12H,1-2H3,(H,21,23)(H,22,24,25). The van der Waals surface area contributed by atoms with E-state index in [1.54, 1.807) is 48.5 Å². The van der Waals surface area contributed by atoms with E-state index < -0.39 is 5.97 Å². The van der Waals surface area contributed by atoms with E-state index in [2.05, 4.69) is 25.6 Å². The summed E-state index contributed by atoms with van der Waals surface area (Å²) in [6.45, 7) is 1.96. The second kappa shape index (κ2) is 8.09. The molecule has 2 N–H and O–H groups in total. The normalized spacial score (nSPS) is 10.1. The fourth-order valence-corrected chi connectivity index (χ4v) is 2.31. The molecule has 0 fully saturated rings.